The molecule has 1 aliphatic rings. The van der Waals surface area contributed by atoms with Gasteiger partial charge in [-0.15, -0.1) is 0 Å². The molecule has 13 nitrogen and oxygen atoms in total. The van der Waals surface area contributed by atoms with Gasteiger partial charge in [0.25, 0.3) is 0 Å². The van der Waals surface area contributed by atoms with Gasteiger partial charge in [0.1, 0.15) is 31.0 Å². The number of ether oxygens (including phenoxy) is 3. The summed E-state index contributed by atoms with van der Waals surface area (Å²) in [4.78, 5) is 48.7. The van der Waals surface area contributed by atoms with Crippen LogP contribution in [0.2, 0.25) is 0 Å². The number of aromatic nitrogens is 1. The van der Waals surface area contributed by atoms with E-state index >= 15 is 0 Å². The third-order valence-electron chi connectivity index (χ3n) is 6.57. The summed E-state index contributed by atoms with van der Waals surface area (Å²) in [6, 6.07) is 17.6. The lowest BCUT2D eigenvalue weighted by Gasteiger charge is -2.43. The molecule has 0 bridgehead atoms. The summed E-state index contributed by atoms with van der Waals surface area (Å²) in [7, 11) is -5.23. The smallest absolute Gasteiger partial charge is 0.459 e. The van der Waals surface area contributed by atoms with Gasteiger partial charge >= 0.3 is 19.8 Å². The highest BCUT2D eigenvalue weighted by Crippen LogP contribution is 2.42. The SMILES string of the molecule is NCC(O)c1ccc(C[C@@H]2O[C@H](COC(=O)c3ccccc3)[C@@H](O)[C@H](OP(=O)(O)O)[C@H]2OC(=O)c2cccnc2)cc1. The van der Waals surface area contributed by atoms with E-state index in [0.717, 1.165) is 0 Å². The number of carbonyl (C=O) groups is 2. The Kier molecular flexibility index (Phi) is 10.5. The number of nitrogens with zero attached hydrogens (tertiary/aromatic N) is 1. The van der Waals surface area contributed by atoms with Gasteiger partial charge < -0.3 is 39.9 Å². The van der Waals surface area contributed by atoms with E-state index in [9.17, 15) is 34.2 Å². The molecular weight excluding hydrogens is 571 g/mol. The number of carbonyl (C=O) groups excluding carboxylic acids is 2. The molecule has 6 N–H and O–H groups in total. The first kappa shape index (κ1) is 31.4. The number of aliphatic hydroxyl groups excluding tert-OH is 2. The highest BCUT2D eigenvalue weighted by Gasteiger charge is 2.51. The third-order valence-corrected chi connectivity index (χ3v) is 7.09. The lowest BCUT2D eigenvalue weighted by atomic mass is 9.91. The first-order valence-electron chi connectivity index (χ1n) is 12.9. The van der Waals surface area contributed by atoms with Crippen molar-refractivity contribution in [1.29, 1.82) is 0 Å². The molecule has 2 aromatic carbocycles. The first-order valence-corrected chi connectivity index (χ1v) is 14.5. The van der Waals surface area contributed by atoms with Crippen molar-refractivity contribution in [3.05, 3.63) is 101 Å². The predicted octanol–water partition coefficient (Wildman–Crippen LogP) is 1.30. The Labute approximate surface area is 241 Å². The van der Waals surface area contributed by atoms with Crippen molar-refractivity contribution < 1.29 is 52.9 Å². The van der Waals surface area contributed by atoms with Crippen LogP contribution in [0.5, 0.6) is 0 Å². The van der Waals surface area contributed by atoms with Crippen molar-refractivity contribution in [3.8, 4) is 0 Å². The maximum absolute atomic E-state index is 13.0. The molecule has 3 aromatic rings. The zero-order chi connectivity index (χ0) is 30.3. The van der Waals surface area contributed by atoms with E-state index in [1.54, 1.807) is 42.5 Å². The Morgan fingerprint density at radius 3 is 2.26 bits per heavy atom. The van der Waals surface area contributed by atoms with Crippen LogP contribution >= 0.6 is 7.82 Å². The Hall–Kier alpha value is -3.52. The summed E-state index contributed by atoms with van der Waals surface area (Å²) in [5, 5.41) is 21.1. The van der Waals surface area contributed by atoms with Gasteiger partial charge in [-0.1, -0.05) is 42.5 Å². The van der Waals surface area contributed by atoms with Crippen LogP contribution in [0.4, 0.5) is 0 Å². The molecule has 42 heavy (non-hydrogen) atoms. The van der Waals surface area contributed by atoms with Gasteiger partial charge in [-0.3, -0.25) is 9.51 Å². The third kappa shape index (κ3) is 8.28. The average Bonchev–Trinajstić information content (AvgIpc) is 2.99. The Morgan fingerprint density at radius 2 is 1.64 bits per heavy atom. The molecule has 0 aliphatic carbocycles. The van der Waals surface area contributed by atoms with Crippen LogP contribution in [0.3, 0.4) is 0 Å². The second-order valence-electron chi connectivity index (χ2n) is 9.54. The van der Waals surface area contributed by atoms with Gasteiger partial charge in [0.05, 0.1) is 17.2 Å². The van der Waals surface area contributed by atoms with Crippen LogP contribution in [-0.4, -0.2) is 80.6 Å². The summed E-state index contributed by atoms with van der Waals surface area (Å²) < 4.78 is 33.9. The van der Waals surface area contributed by atoms with E-state index in [1.807, 2.05) is 0 Å². The van der Waals surface area contributed by atoms with Crippen molar-refractivity contribution in [2.45, 2.75) is 43.0 Å². The zero-order valence-corrected chi connectivity index (χ0v) is 23.1. The second-order valence-corrected chi connectivity index (χ2v) is 10.7. The molecule has 224 valence electrons. The minimum absolute atomic E-state index is 0.0140. The second kappa shape index (κ2) is 14.1. The van der Waals surface area contributed by atoms with Crippen LogP contribution in [0.25, 0.3) is 0 Å². The molecule has 6 atom stereocenters. The van der Waals surface area contributed by atoms with Gasteiger partial charge in [0.15, 0.2) is 6.10 Å². The van der Waals surface area contributed by atoms with Crippen molar-refractivity contribution in [2.75, 3.05) is 13.2 Å². The molecule has 1 fully saturated rings. The number of benzene rings is 2. The lowest BCUT2D eigenvalue weighted by Crippen LogP contribution is -2.61. The molecule has 0 radical (unpaired) electrons. The van der Waals surface area contributed by atoms with Crippen molar-refractivity contribution >= 4 is 19.8 Å². The highest BCUT2D eigenvalue weighted by molar-refractivity contribution is 7.46. The van der Waals surface area contributed by atoms with Gasteiger partial charge in [0.2, 0.25) is 0 Å². The van der Waals surface area contributed by atoms with Gasteiger partial charge in [-0.05, 0) is 35.4 Å². The highest BCUT2D eigenvalue weighted by atomic mass is 31.2. The standard InChI is InChI=1S/C28H31N2O11P/c29-14-21(31)18-10-8-17(9-11-18)13-22-25(40-28(34)20-7-4-12-30-15-20)26(41-42(35,36)37)24(32)23(39-22)16-38-27(33)19-5-2-1-3-6-19/h1-12,15,21-26,31-32H,13-14,16,29H2,(H2,35,36,37)/t21?,22-,23+,24+,25-,26-/m0/s1. The minimum atomic E-state index is -5.23. The molecule has 0 saturated carbocycles. The topological polar surface area (TPSA) is 208 Å². The summed E-state index contributed by atoms with van der Waals surface area (Å²) in [6.07, 6.45) is -5.70. The molecular formula is C28H31N2O11P. The fraction of sp³-hybridized carbons (Fsp3) is 0.321. The minimum Gasteiger partial charge on any atom is -0.459 e. The molecule has 4 rings (SSSR count). The largest absolute Gasteiger partial charge is 0.470 e. The van der Waals surface area contributed by atoms with E-state index in [1.165, 1.54) is 36.7 Å². The number of hydrogen-bond acceptors (Lipinski definition) is 11. The molecule has 0 amide bonds. The van der Waals surface area contributed by atoms with Crippen LogP contribution in [0, 0.1) is 0 Å². The number of hydrogen-bond donors (Lipinski definition) is 5. The first-order chi connectivity index (χ1) is 20.1. The van der Waals surface area contributed by atoms with Gasteiger partial charge in [-0.2, -0.15) is 0 Å². The van der Waals surface area contributed by atoms with E-state index in [4.69, 9.17) is 24.5 Å². The Balaban J connectivity index is 1.63. The summed E-state index contributed by atoms with van der Waals surface area (Å²) >= 11 is 0. The monoisotopic (exact) mass is 602 g/mol. The number of nitrogens with two attached hydrogens (primary N) is 1. The fourth-order valence-corrected chi connectivity index (χ4v) is 5.02. The lowest BCUT2D eigenvalue weighted by molar-refractivity contribution is -0.224. The normalized spacial score (nSPS) is 23.1. The van der Waals surface area contributed by atoms with E-state index in [-0.39, 0.29) is 24.1 Å². The van der Waals surface area contributed by atoms with Crippen LogP contribution in [-0.2, 0) is 29.7 Å². The van der Waals surface area contributed by atoms with E-state index in [0.29, 0.717) is 11.1 Å². The van der Waals surface area contributed by atoms with E-state index < -0.39 is 63.0 Å². The molecule has 14 heteroatoms. The Bertz CT molecular complexity index is 1370. The molecule has 1 aromatic heterocycles. The van der Waals surface area contributed by atoms with Crippen molar-refractivity contribution in [1.82, 2.24) is 4.98 Å². The Morgan fingerprint density at radius 1 is 0.952 bits per heavy atom. The molecule has 1 unspecified atom stereocenters. The number of pyridine rings is 1. The summed E-state index contributed by atoms with van der Waals surface area (Å²) in [5.74, 6) is -1.61. The number of aliphatic hydroxyl groups is 2. The number of phosphoric acid groups is 1. The van der Waals surface area contributed by atoms with Crippen LogP contribution in [0.15, 0.2) is 79.1 Å². The molecule has 1 saturated heterocycles. The number of rotatable bonds is 11. The van der Waals surface area contributed by atoms with Gasteiger partial charge in [-0.25, -0.2) is 14.2 Å². The summed E-state index contributed by atoms with van der Waals surface area (Å²) in [5.41, 5.74) is 7.00. The van der Waals surface area contributed by atoms with Crippen molar-refractivity contribution in [3.63, 3.8) is 0 Å². The summed E-state index contributed by atoms with van der Waals surface area (Å²) in [6.45, 7) is -0.489. The maximum Gasteiger partial charge on any atom is 0.470 e. The predicted molar refractivity (Wildman–Crippen MR) is 146 cm³/mol. The van der Waals surface area contributed by atoms with Crippen LogP contribution in [0.1, 0.15) is 37.9 Å². The number of esters is 2. The average molecular weight is 603 g/mol. The van der Waals surface area contributed by atoms with Gasteiger partial charge in [0, 0.05) is 25.4 Å². The number of phosphoric ester groups is 1. The molecule has 2 heterocycles. The molecule has 0 spiro atoms. The fourth-order valence-electron chi connectivity index (χ4n) is 4.46. The van der Waals surface area contributed by atoms with Crippen molar-refractivity contribution in [2.24, 2.45) is 5.73 Å². The quantitative estimate of drug-likeness (QED) is 0.155. The van der Waals surface area contributed by atoms with E-state index in [2.05, 4.69) is 4.98 Å². The van der Waals surface area contributed by atoms with Crippen LogP contribution < -0.4 is 5.73 Å². The maximum atomic E-state index is 13.0. The zero-order valence-electron chi connectivity index (χ0n) is 22.2. The molecule has 1 aliphatic heterocycles.